The molecule has 0 amide bonds. The monoisotopic (exact) mass is 177 g/mol. The number of hydrogen-bond donors (Lipinski definition) is 1. The fourth-order valence-electron chi connectivity index (χ4n) is 1.07. The van der Waals surface area contributed by atoms with Crippen molar-refractivity contribution in [3.63, 3.8) is 0 Å². The van der Waals surface area contributed by atoms with Crippen LogP contribution in [0.25, 0.3) is 11.3 Å². The van der Waals surface area contributed by atoms with E-state index in [1.165, 1.54) is 0 Å². The summed E-state index contributed by atoms with van der Waals surface area (Å²) in [6.07, 6.45) is 5.13. The Morgan fingerprint density at radius 1 is 1.38 bits per heavy atom. The number of H-pyrrole nitrogens is 1. The van der Waals surface area contributed by atoms with Crippen LogP contribution in [0.4, 0.5) is 0 Å². The minimum atomic E-state index is 0. The third kappa shape index (κ3) is 1.51. The highest BCUT2D eigenvalue weighted by molar-refractivity contribution is 5.56. The highest BCUT2D eigenvalue weighted by Gasteiger charge is 1.98. The Kier molecular flexibility index (Phi) is 1.96. The number of aromatic nitrogens is 3. The lowest BCUT2D eigenvalue weighted by atomic mass is 10.2. The number of nitrogens with zero attached hydrogens (tertiary/aromatic N) is 2. The van der Waals surface area contributed by atoms with Gasteiger partial charge in [0.05, 0.1) is 25.3 Å². The molecular weight excluding hydrogens is 166 g/mol. The van der Waals surface area contributed by atoms with Crippen LogP contribution < -0.4 is 4.74 Å². The zero-order valence-corrected chi connectivity index (χ0v) is 7.19. The number of methoxy groups -OCH3 is 1. The maximum absolute atomic E-state index is 4.95. The maximum Gasteiger partial charge on any atom is 0.212 e. The van der Waals surface area contributed by atoms with Crippen LogP contribution in [0.15, 0.2) is 30.9 Å². The molecule has 2 aromatic rings. The Labute approximate surface area is 77.1 Å². The van der Waals surface area contributed by atoms with Gasteiger partial charge in [-0.15, -0.1) is 0 Å². The van der Waals surface area contributed by atoms with Crippen LogP contribution in [0.5, 0.6) is 5.88 Å². The predicted molar refractivity (Wildman–Crippen MR) is 50.5 cm³/mol. The zero-order valence-electron chi connectivity index (χ0n) is 7.19. The van der Waals surface area contributed by atoms with E-state index in [-0.39, 0.29) is 1.43 Å². The van der Waals surface area contributed by atoms with Crippen molar-refractivity contribution in [2.24, 2.45) is 0 Å². The van der Waals surface area contributed by atoms with Crippen LogP contribution in [0.2, 0.25) is 0 Å². The van der Waals surface area contributed by atoms with Crippen molar-refractivity contribution in [2.75, 3.05) is 7.11 Å². The summed E-state index contributed by atoms with van der Waals surface area (Å²) in [6.45, 7) is 0. The van der Waals surface area contributed by atoms with Gasteiger partial charge in [0.25, 0.3) is 0 Å². The lowest BCUT2D eigenvalue weighted by Crippen LogP contribution is -1.86. The second-order valence-corrected chi connectivity index (χ2v) is 2.55. The Balaban J connectivity index is 0.000000980. The molecule has 0 aliphatic rings. The molecule has 13 heavy (non-hydrogen) atoms. The molecule has 2 heterocycles. The standard InChI is InChI=1S/C9H9N3O.H2/c1-13-9-3-2-7(4-11-9)8-5-10-6-12-8;/h2-6H,1H3,(H,10,12);1H. The molecule has 0 aliphatic heterocycles. The first-order valence-electron chi connectivity index (χ1n) is 3.89. The molecule has 68 valence electrons. The molecule has 0 atom stereocenters. The van der Waals surface area contributed by atoms with E-state index in [1.54, 1.807) is 25.8 Å². The number of aromatic amines is 1. The third-order valence-electron chi connectivity index (χ3n) is 1.75. The first-order valence-corrected chi connectivity index (χ1v) is 3.89. The van der Waals surface area contributed by atoms with E-state index in [4.69, 9.17) is 4.74 Å². The van der Waals surface area contributed by atoms with E-state index >= 15 is 0 Å². The van der Waals surface area contributed by atoms with Crippen LogP contribution in [-0.2, 0) is 0 Å². The predicted octanol–water partition coefficient (Wildman–Crippen LogP) is 1.73. The molecular formula is C9H11N3O. The van der Waals surface area contributed by atoms with Crippen molar-refractivity contribution in [3.8, 4) is 17.1 Å². The second-order valence-electron chi connectivity index (χ2n) is 2.55. The lowest BCUT2D eigenvalue weighted by molar-refractivity contribution is 0.398. The third-order valence-corrected chi connectivity index (χ3v) is 1.75. The van der Waals surface area contributed by atoms with Crippen LogP contribution in [0.3, 0.4) is 0 Å². The van der Waals surface area contributed by atoms with Crippen molar-refractivity contribution < 1.29 is 6.16 Å². The summed E-state index contributed by atoms with van der Waals surface area (Å²) in [4.78, 5) is 11.0. The van der Waals surface area contributed by atoms with Gasteiger partial charge in [0.2, 0.25) is 5.88 Å². The van der Waals surface area contributed by atoms with Crippen LogP contribution in [0.1, 0.15) is 1.43 Å². The summed E-state index contributed by atoms with van der Waals surface area (Å²) in [6, 6.07) is 3.75. The number of hydrogen-bond acceptors (Lipinski definition) is 3. The first-order chi connectivity index (χ1) is 6.40. The van der Waals surface area contributed by atoms with Gasteiger partial charge in [-0.3, -0.25) is 0 Å². The average Bonchev–Trinajstić information content (AvgIpc) is 2.71. The molecule has 0 unspecified atom stereocenters. The Bertz CT molecular complexity index is 371. The normalized spacial score (nSPS) is 9.92. The highest BCUT2D eigenvalue weighted by Crippen LogP contribution is 2.16. The minimum Gasteiger partial charge on any atom is -0.481 e. The van der Waals surface area contributed by atoms with Crippen molar-refractivity contribution in [1.29, 1.82) is 0 Å². The van der Waals surface area contributed by atoms with Gasteiger partial charge in [-0.05, 0) is 6.07 Å². The van der Waals surface area contributed by atoms with Gasteiger partial charge in [0.1, 0.15) is 0 Å². The molecule has 0 fully saturated rings. The van der Waals surface area contributed by atoms with Crippen LogP contribution >= 0.6 is 0 Å². The average molecular weight is 177 g/mol. The summed E-state index contributed by atoms with van der Waals surface area (Å²) in [5.74, 6) is 0.614. The van der Waals surface area contributed by atoms with Gasteiger partial charge in [-0.1, -0.05) is 0 Å². The van der Waals surface area contributed by atoms with Gasteiger partial charge in [0, 0.05) is 19.3 Å². The molecule has 0 bridgehead atoms. The second kappa shape index (κ2) is 3.26. The Morgan fingerprint density at radius 3 is 2.85 bits per heavy atom. The zero-order chi connectivity index (χ0) is 9.10. The summed E-state index contributed by atoms with van der Waals surface area (Å²) in [5.41, 5.74) is 1.95. The van der Waals surface area contributed by atoms with E-state index in [0.29, 0.717) is 5.88 Å². The fraction of sp³-hybridized carbons (Fsp3) is 0.111. The molecule has 0 radical (unpaired) electrons. The molecule has 0 saturated carbocycles. The molecule has 0 aromatic carbocycles. The highest BCUT2D eigenvalue weighted by atomic mass is 16.5. The first kappa shape index (κ1) is 7.79. The molecule has 1 N–H and O–H groups in total. The smallest absolute Gasteiger partial charge is 0.212 e. The topological polar surface area (TPSA) is 50.8 Å². The fourth-order valence-corrected chi connectivity index (χ4v) is 1.07. The van der Waals surface area contributed by atoms with Gasteiger partial charge >= 0.3 is 0 Å². The van der Waals surface area contributed by atoms with Crippen molar-refractivity contribution in [1.82, 2.24) is 15.0 Å². The molecule has 2 aromatic heterocycles. The number of rotatable bonds is 2. The number of pyridine rings is 1. The Morgan fingerprint density at radius 2 is 2.31 bits per heavy atom. The van der Waals surface area contributed by atoms with Crippen molar-refractivity contribution in [3.05, 3.63) is 30.9 Å². The SMILES string of the molecule is COc1ccc(-c2cnc[nH]2)cn1.[HH]. The van der Waals surface area contributed by atoms with Gasteiger partial charge in [-0.25, -0.2) is 9.97 Å². The molecule has 4 heteroatoms. The molecule has 4 nitrogen and oxygen atoms in total. The van der Waals surface area contributed by atoms with Gasteiger partial charge in [-0.2, -0.15) is 0 Å². The number of imidazole rings is 1. The van der Waals surface area contributed by atoms with Gasteiger partial charge in [0.15, 0.2) is 0 Å². The van der Waals surface area contributed by atoms with E-state index in [0.717, 1.165) is 11.3 Å². The van der Waals surface area contributed by atoms with Crippen molar-refractivity contribution in [2.45, 2.75) is 0 Å². The summed E-state index contributed by atoms with van der Waals surface area (Å²) >= 11 is 0. The van der Waals surface area contributed by atoms with E-state index in [1.807, 2.05) is 12.1 Å². The molecule has 0 aliphatic carbocycles. The molecule has 0 saturated heterocycles. The molecule has 2 rings (SSSR count). The number of nitrogens with one attached hydrogen (secondary N) is 1. The summed E-state index contributed by atoms with van der Waals surface area (Å²) < 4.78 is 4.95. The van der Waals surface area contributed by atoms with Crippen LogP contribution in [0, 0.1) is 0 Å². The Hall–Kier alpha value is -1.84. The van der Waals surface area contributed by atoms with Crippen LogP contribution in [-0.4, -0.2) is 22.1 Å². The molecule has 0 spiro atoms. The largest absolute Gasteiger partial charge is 0.481 e. The van der Waals surface area contributed by atoms with Gasteiger partial charge < -0.3 is 9.72 Å². The van der Waals surface area contributed by atoms with E-state index in [2.05, 4.69) is 15.0 Å². The lowest BCUT2D eigenvalue weighted by Gasteiger charge is -1.99. The minimum absolute atomic E-state index is 0. The summed E-state index contributed by atoms with van der Waals surface area (Å²) in [7, 11) is 1.60. The quantitative estimate of drug-likeness (QED) is 0.759. The summed E-state index contributed by atoms with van der Waals surface area (Å²) in [5, 5.41) is 0. The number of ether oxygens (including phenoxy) is 1. The van der Waals surface area contributed by atoms with Crippen molar-refractivity contribution >= 4 is 0 Å². The van der Waals surface area contributed by atoms with E-state index in [9.17, 15) is 0 Å². The maximum atomic E-state index is 4.95. The van der Waals surface area contributed by atoms with E-state index < -0.39 is 0 Å².